The summed E-state index contributed by atoms with van der Waals surface area (Å²) in [7, 11) is 1.64. The number of allylic oxidation sites excluding steroid dienone is 1. The van der Waals surface area contributed by atoms with E-state index in [4.69, 9.17) is 14.6 Å². The number of methoxy groups -OCH3 is 1. The van der Waals surface area contributed by atoms with Gasteiger partial charge >= 0.3 is 0 Å². The number of hydrogen-bond acceptors (Lipinski definition) is 4. The van der Waals surface area contributed by atoms with Gasteiger partial charge in [0.1, 0.15) is 0 Å². The Morgan fingerprint density at radius 3 is 2.71 bits per heavy atom. The van der Waals surface area contributed by atoms with Crippen molar-refractivity contribution in [3.8, 4) is 11.5 Å². The number of hydrogen-bond donors (Lipinski definition) is 2. The molecule has 0 heterocycles. The standard InChI is InChI=1S/C16H25NO3.ClH/c1-4-6-14-7-8-15(16(11-14)19-3)20-10-5-9-17-12-13(2)18;/h4,6-8,11,13,17-18H,5,9-10,12H2,1-3H3;1H/b6-4+;. The molecule has 0 bridgehead atoms. The molecule has 0 aromatic heterocycles. The van der Waals surface area contributed by atoms with Gasteiger partial charge in [-0.3, -0.25) is 0 Å². The van der Waals surface area contributed by atoms with E-state index in [2.05, 4.69) is 5.32 Å². The van der Waals surface area contributed by atoms with Crippen LogP contribution in [0.25, 0.3) is 6.08 Å². The molecule has 2 N–H and O–H groups in total. The van der Waals surface area contributed by atoms with Gasteiger partial charge in [-0.1, -0.05) is 18.2 Å². The van der Waals surface area contributed by atoms with Crippen LogP contribution in [0.5, 0.6) is 11.5 Å². The van der Waals surface area contributed by atoms with Crippen LogP contribution in [-0.2, 0) is 0 Å². The van der Waals surface area contributed by atoms with E-state index in [1.165, 1.54) is 0 Å². The van der Waals surface area contributed by atoms with Crippen molar-refractivity contribution in [2.75, 3.05) is 26.8 Å². The Labute approximate surface area is 133 Å². The molecule has 0 aliphatic heterocycles. The number of benzene rings is 1. The first-order valence-electron chi connectivity index (χ1n) is 6.99. The molecule has 1 unspecified atom stereocenters. The van der Waals surface area contributed by atoms with Gasteiger partial charge in [0.15, 0.2) is 11.5 Å². The molecule has 0 radical (unpaired) electrons. The van der Waals surface area contributed by atoms with Crippen molar-refractivity contribution in [1.29, 1.82) is 0 Å². The highest BCUT2D eigenvalue weighted by Gasteiger charge is 2.04. The first-order chi connectivity index (χ1) is 9.67. The molecule has 1 aromatic carbocycles. The molecule has 0 spiro atoms. The zero-order valence-corrected chi connectivity index (χ0v) is 13.8. The van der Waals surface area contributed by atoms with Crippen molar-refractivity contribution in [2.24, 2.45) is 0 Å². The third-order valence-corrected chi connectivity index (χ3v) is 2.74. The van der Waals surface area contributed by atoms with Gasteiger partial charge in [-0.25, -0.2) is 0 Å². The number of halogens is 1. The molecule has 0 aliphatic rings. The Kier molecular flexibility index (Phi) is 10.8. The SMILES string of the molecule is C/C=C/c1ccc(OCCCNCC(C)O)c(OC)c1.Cl. The lowest BCUT2D eigenvalue weighted by atomic mass is 10.2. The van der Waals surface area contributed by atoms with Crippen LogP contribution in [0.3, 0.4) is 0 Å². The minimum Gasteiger partial charge on any atom is -0.493 e. The van der Waals surface area contributed by atoms with Gasteiger partial charge in [0.25, 0.3) is 0 Å². The van der Waals surface area contributed by atoms with Gasteiger partial charge < -0.3 is 19.9 Å². The molecule has 0 amide bonds. The first-order valence-corrected chi connectivity index (χ1v) is 6.99. The second-order valence-electron chi connectivity index (χ2n) is 4.67. The summed E-state index contributed by atoms with van der Waals surface area (Å²) in [5.41, 5.74) is 1.09. The maximum Gasteiger partial charge on any atom is 0.161 e. The molecule has 0 aliphatic carbocycles. The van der Waals surface area contributed by atoms with Gasteiger partial charge in [0.05, 0.1) is 19.8 Å². The highest BCUT2D eigenvalue weighted by atomic mass is 35.5. The molecule has 0 saturated carbocycles. The van der Waals surface area contributed by atoms with Crippen molar-refractivity contribution in [1.82, 2.24) is 5.32 Å². The molecule has 21 heavy (non-hydrogen) atoms. The summed E-state index contributed by atoms with van der Waals surface area (Å²) in [6, 6.07) is 5.89. The molecule has 120 valence electrons. The minimum atomic E-state index is -0.310. The van der Waals surface area contributed by atoms with E-state index in [1.54, 1.807) is 14.0 Å². The molecule has 4 nitrogen and oxygen atoms in total. The van der Waals surface area contributed by atoms with Crippen molar-refractivity contribution < 1.29 is 14.6 Å². The van der Waals surface area contributed by atoms with Gasteiger partial charge in [0.2, 0.25) is 0 Å². The lowest BCUT2D eigenvalue weighted by Gasteiger charge is -2.12. The van der Waals surface area contributed by atoms with E-state index in [1.807, 2.05) is 37.3 Å². The number of aliphatic hydroxyl groups is 1. The third kappa shape index (κ3) is 7.95. The van der Waals surface area contributed by atoms with Crippen LogP contribution in [0, 0.1) is 0 Å². The average Bonchev–Trinajstić information content (AvgIpc) is 2.43. The van der Waals surface area contributed by atoms with Crippen LogP contribution in [0.4, 0.5) is 0 Å². The summed E-state index contributed by atoms with van der Waals surface area (Å²) in [6.45, 7) is 5.80. The highest BCUT2D eigenvalue weighted by Crippen LogP contribution is 2.28. The quantitative estimate of drug-likeness (QED) is 0.688. The van der Waals surface area contributed by atoms with Crippen molar-refractivity contribution in [2.45, 2.75) is 26.4 Å². The van der Waals surface area contributed by atoms with Crippen LogP contribution >= 0.6 is 12.4 Å². The fourth-order valence-corrected chi connectivity index (χ4v) is 1.79. The summed E-state index contributed by atoms with van der Waals surface area (Å²) in [6.07, 6.45) is 4.58. The smallest absolute Gasteiger partial charge is 0.161 e. The highest BCUT2D eigenvalue weighted by molar-refractivity contribution is 5.85. The maximum absolute atomic E-state index is 9.11. The predicted molar refractivity (Wildman–Crippen MR) is 89.6 cm³/mol. The van der Waals surface area contributed by atoms with E-state index in [-0.39, 0.29) is 18.5 Å². The van der Waals surface area contributed by atoms with Gasteiger partial charge in [-0.15, -0.1) is 12.4 Å². The first kappa shape index (κ1) is 19.8. The molecular weight excluding hydrogens is 290 g/mol. The Bertz CT molecular complexity index is 422. The Balaban J connectivity index is 0.00000400. The summed E-state index contributed by atoms with van der Waals surface area (Å²) in [5.74, 6) is 1.51. The topological polar surface area (TPSA) is 50.7 Å². The fourth-order valence-electron chi connectivity index (χ4n) is 1.79. The monoisotopic (exact) mass is 315 g/mol. The third-order valence-electron chi connectivity index (χ3n) is 2.74. The van der Waals surface area contributed by atoms with E-state index >= 15 is 0 Å². The van der Waals surface area contributed by atoms with Crippen LogP contribution in [0.2, 0.25) is 0 Å². The van der Waals surface area contributed by atoms with Crippen LogP contribution in [0.15, 0.2) is 24.3 Å². The number of rotatable bonds is 9. The fraction of sp³-hybridized carbons (Fsp3) is 0.500. The Morgan fingerprint density at radius 2 is 2.10 bits per heavy atom. The summed E-state index contributed by atoms with van der Waals surface area (Å²) < 4.78 is 11.1. The lowest BCUT2D eigenvalue weighted by Crippen LogP contribution is -2.26. The largest absolute Gasteiger partial charge is 0.493 e. The Morgan fingerprint density at radius 1 is 1.33 bits per heavy atom. The van der Waals surface area contributed by atoms with Crippen molar-refractivity contribution in [3.05, 3.63) is 29.8 Å². The van der Waals surface area contributed by atoms with Crippen LogP contribution in [0.1, 0.15) is 25.8 Å². The molecule has 1 aromatic rings. The average molecular weight is 316 g/mol. The molecule has 1 atom stereocenters. The molecule has 5 heteroatoms. The molecule has 0 saturated heterocycles. The van der Waals surface area contributed by atoms with E-state index in [0.29, 0.717) is 13.2 Å². The number of aliphatic hydroxyl groups excluding tert-OH is 1. The maximum atomic E-state index is 9.11. The molecule has 1 rings (SSSR count). The van der Waals surface area contributed by atoms with Gasteiger partial charge in [0, 0.05) is 6.54 Å². The summed E-state index contributed by atoms with van der Waals surface area (Å²) in [5, 5.41) is 12.3. The molecular formula is C16H26ClNO3. The second-order valence-corrected chi connectivity index (χ2v) is 4.67. The second kappa shape index (κ2) is 11.4. The van der Waals surface area contributed by atoms with Crippen LogP contribution < -0.4 is 14.8 Å². The normalized spacial score (nSPS) is 12.0. The van der Waals surface area contributed by atoms with Crippen molar-refractivity contribution >= 4 is 18.5 Å². The summed E-state index contributed by atoms with van der Waals surface area (Å²) >= 11 is 0. The zero-order valence-electron chi connectivity index (χ0n) is 13.0. The van der Waals surface area contributed by atoms with Crippen molar-refractivity contribution in [3.63, 3.8) is 0 Å². The Hall–Kier alpha value is -1.23. The van der Waals surface area contributed by atoms with Gasteiger partial charge in [-0.2, -0.15) is 0 Å². The molecule has 0 fully saturated rings. The number of ether oxygens (including phenoxy) is 2. The summed E-state index contributed by atoms with van der Waals surface area (Å²) in [4.78, 5) is 0. The number of nitrogens with one attached hydrogen (secondary N) is 1. The van der Waals surface area contributed by atoms with E-state index < -0.39 is 0 Å². The minimum absolute atomic E-state index is 0. The lowest BCUT2D eigenvalue weighted by molar-refractivity contribution is 0.190. The zero-order chi connectivity index (χ0) is 14.8. The van der Waals surface area contributed by atoms with E-state index in [0.717, 1.165) is 30.0 Å². The van der Waals surface area contributed by atoms with Gasteiger partial charge in [-0.05, 0) is 44.5 Å². The van der Waals surface area contributed by atoms with E-state index in [9.17, 15) is 0 Å². The van der Waals surface area contributed by atoms with Crippen LogP contribution in [-0.4, -0.2) is 38.0 Å². The predicted octanol–water partition coefficient (Wildman–Crippen LogP) is 2.89.